The van der Waals surface area contributed by atoms with Crippen molar-refractivity contribution in [2.75, 3.05) is 23.7 Å². The lowest BCUT2D eigenvalue weighted by Crippen LogP contribution is -2.29. The van der Waals surface area contributed by atoms with Gasteiger partial charge in [-0.25, -0.2) is 12.8 Å². The van der Waals surface area contributed by atoms with Crippen molar-refractivity contribution in [2.45, 2.75) is 12.8 Å². The number of anilines is 1. The van der Waals surface area contributed by atoms with E-state index in [9.17, 15) is 12.8 Å². The summed E-state index contributed by atoms with van der Waals surface area (Å²) >= 11 is 0. The predicted octanol–water partition coefficient (Wildman–Crippen LogP) is 1.36. The van der Waals surface area contributed by atoms with Crippen LogP contribution in [0.3, 0.4) is 0 Å². The lowest BCUT2D eigenvalue weighted by molar-refractivity contribution is 0.287. The van der Waals surface area contributed by atoms with Crippen LogP contribution in [0.2, 0.25) is 0 Å². The van der Waals surface area contributed by atoms with Crippen LogP contribution in [0.4, 0.5) is 10.1 Å². The normalized spacial score (nSPS) is 11.5. The number of nitrogens with zero attached hydrogens (tertiary/aromatic N) is 1. The Kier molecular flexibility index (Phi) is 4.89. The molecule has 0 fully saturated rings. The van der Waals surface area contributed by atoms with Crippen molar-refractivity contribution in [3.63, 3.8) is 0 Å². The predicted molar refractivity (Wildman–Crippen MR) is 64.9 cm³/mol. The van der Waals surface area contributed by atoms with Gasteiger partial charge >= 0.3 is 0 Å². The zero-order chi connectivity index (χ0) is 12.9. The van der Waals surface area contributed by atoms with Gasteiger partial charge in [0.25, 0.3) is 0 Å². The highest BCUT2D eigenvalue weighted by molar-refractivity contribution is 7.92. The van der Waals surface area contributed by atoms with Crippen LogP contribution >= 0.6 is 0 Å². The van der Waals surface area contributed by atoms with E-state index in [-0.39, 0.29) is 18.0 Å². The number of hydrogen-bond acceptors (Lipinski definition) is 3. The number of halogens is 1. The van der Waals surface area contributed by atoms with Crippen LogP contribution in [0.1, 0.15) is 12.8 Å². The molecule has 1 aromatic rings. The fourth-order valence-electron chi connectivity index (χ4n) is 1.39. The molecular weight excluding hydrogens is 245 g/mol. The molecule has 0 aliphatic heterocycles. The number of sulfonamides is 1. The number of aliphatic hydroxyl groups is 1. The minimum atomic E-state index is -3.53. The van der Waals surface area contributed by atoms with Crippen molar-refractivity contribution in [1.29, 1.82) is 0 Å². The summed E-state index contributed by atoms with van der Waals surface area (Å²) in [6, 6.07) is 5.72. The summed E-state index contributed by atoms with van der Waals surface area (Å²) in [5.74, 6) is -0.668. The van der Waals surface area contributed by atoms with Gasteiger partial charge in [0.2, 0.25) is 10.0 Å². The van der Waals surface area contributed by atoms with Gasteiger partial charge < -0.3 is 5.11 Å². The second-order valence-electron chi connectivity index (χ2n) is 3.67. The van der Waals surface area contributed by atoms with Crippen LogP contribution in [0.5, 0.6) is 0 Å². The summed E-state index contributed by atoms with van der Waals surface area (Å²) in [7, 11) is -2.20. The largest absolute Gasteiger partial charge is 0.396 e. The average molecular weight is 261 g/mol. The molecule has 0 saturated heterocycles. The monoisotopic (exact) mass is 261 g/mol. The summed E-state index contributed by atoms with van der Waals surface area (Å²) in [5, 5.41) is 8.59. The van der Waals surface area contributed by atoms with Gasteiger partial charge in [-0.05, 0) is 25.0 Å². The summed E-state index contributed by atoms with van der Waals surface area (Å²) in [4.78, 5) is 0. The fourth-order valence-corrected chi connectivity index (χ4v) is 2.68. The number of aliphatic hydroxyl groups excluding tert-OH is 1. The van der Waals surface area contributed by atoms with Crippen LogP contribution in [0.15, 0.2) is 24.3 Å². The fraction of sp³-hybridized carbons (Fsp3) is 0.455. The first-order valence-corrected chi connectivity index (χ1v) is 6.92. The van der Waals surface area contributed by atoms with Gasteiger partial charge in [0.05, 0.1) is 11.4 Å². The van der Waals surface area contributed by atoms with E-state index in [0.29, 0.717) is 12.8 Å². The molecule has 0 heterocycles. The molecule has 17 heavy (non-hydrogen) atoms. The Bertz CT molecular complexity index is 462. The molecule has 0 aliphatic carbocycles. The standard InChI is InChI=1S/C11H16FNO3S/c1-13(11-7-3-2-6-10(11)12)17(15,16)9-5-4-8-14/h2-3,6-7,14H,4-5,8-9H2,1H3. The van der Waals surface area contributed by atoms with Crippen molar-refractivity contribution >= 4 is 15.7 Å². The quantitative estimate of drug-likeness (QED) is 0.787. The molecule has 1 N–H and O–H groups in total. The number of rotatable bonds is 6. The third-order valence-corrected chi connectivity index (χ3v) is 4.26. The maximum absolute atomic E-state index is 13.4. The Morgan fingerprint density at radius 3 is 2.53 bits per heavy atom. The molecule has 0 unspecified atom stereocenters. The maximum atomic E-state index is 13.4. The molecule has 0 bridgehead atoms. The van der Waals surface area contributed by atoms with Crippen molar-refractivity contribution in [1.82, 2.24) is 0 Å². The molecule has 0 atom stereocenters. The van der Waals surface area contributed by atoms with Crippen molar-refractivity contribution in [2.24, 2.45) is 0 Å². The summed E-state index contributed by atoms with van der Waals surface area (Å²) in [6.45, 7) is -0.0427. The van der Waals surface area contributed by atoms with E-state index in [1.807, 2.05) is 0 Å². The Hall–Kier alpha value is -1.14. The molecule has 1 rings (SSSR count). The van der Waals surface area contributed by atoms with E-state index in [4.69, 9.17) is 5.11 Å². The van der Waals surface area contributed by atoms with Crippen molar-refractivity contribution < 1.29 is 17.9 Å². The first-order valence-electron chi connectivity index (χ1n) is 5.31. The van der Waals surface area contributed by atoms with Crippen LogP contribution in [0, 0.1) is 5.82 Å². The van der Waals surface area contributed by atoms with E-state index in [1.165, 1.54) is 25.2 Å². The number of unbranched alkanes of at least 4 members (excludes halogenated alkanes) is 1. The third kappa shape index (κ3) is 3.67. The van der Waals surface area contributed by atoms with Gasteiger partial charge in [-0.1, -0.05) is 12.1 Å². The van der Waals surface area contributed by atoms with Gasteiger partial charge in [-0.2, -0.15) is 0 Å². The molecule has 6 heteroatoms. The van der Waals surface area contributed by atoms with Gasteiger partial charge in [0.15, 0.2) is 0 Å². The average Bonchev–Trinajstić information content (AvgIpc) is 2.29. The van der Waals surface area contributed by atoms with Crippen LogP contribution in [-0.2, 0) is 10.0 Å². The third-order valence-electron chi connectivity index (χ3n) is 2.42. The zero-order valence-corrected chi connectivity index (χ0v) is 10.5. The molecular formula is C11H16FNO3S. The van der Waals surface area contributed by atoms with E-state index in [2.05, 4.69) is 0 Å². The summed E-state index contributed by atoms with van der Waals surface area (Å²) in [5.41, 5.74) is 0.0384. The molecule has 0 radical (unpaired) electrons. The van der Waals surface area contributed by atoms with Gasteiger partial charge in [-0.3, -0.25) is 4.31 Å². The van der Waals surface area contributed by atoms with Crippen LogP contribution in [-0.4, -0.2) is 32.9 Å². The zero-order valence-electron chi connectivity index (χ0n) is 9.63. The molecule has 96 valence electrons. The lowest BCUT2D eigenvalue weighted by atomic mass is 10.3. The minimum Gasteiger partial charge on any atom is -0.396 e. The summed E-state index contributed by atoms with van der Waals surface area (Å²) < 4.78 is 38.0. The van der Waals surface area contributed by atoms with Gasteiger partial charge in [0.1, 0.15) is 5.82 Å². The van der Waals surface area contributed by atoms with E-state index in [1.54, 1.807) is 6.07 Å². The van der Waals surface area contributed by atoms with Crippen LogP contribution in [0.25, 0.3) is 0 Å². The first kappa shape index (κ1) is 13.9. The number of para-hydroxylation sites is 1. The summed E-state index contributed by atoms with van der Waals surface area (Å²) in [6.07, 6.45) is 0.780. The van der Waals surface area contributed by atoms with Gasteiger partial charge in [0, 0.05) is 13.7 Å². The molecule has 1 aromatic carbocycles. The lowest BCUT2D eigenvalue weighted by Gasteiger charge is -2.19. The Morgan fingerprint density at radius 1 is 1.29 bits per heavy atom. The SMILES string of the molecule is CN(c1ccccc1F)S(=O)(=O)CCCCO. The van der Waals surface area contributed by atoms with E-state index >= 15 is 0 Å². The number of hydrogen-bond donors (Lipinski definition) is 1. The highest BCUT2D eigenvalue weighted by Crippen LogP contribution is 2.20. The van der Waals surface area contributed by atoms with E-state index in [0.717, 1.165) is 4.31 Å². The van der Waals surface area contributed by atoms with Crippen molar-refractivity contribution in [3.05, 3.63) is 30.1 Å². The number of benzene rings is 1. The molecule has 4 nitrogen and oxygen atoms in total. The Morgan fingerprint density at radius 2 is 1.94 bits per heavy atom. The highest BCUT2D eigenvalue weighted by Gasteiger charge is 2.20. The molecule has 0 spiro atoms. The van der Waals surface area contributed by atoms with Crippen molar-refractivity contribution in [3.8, 4) is 0 Å². The molecule has 0 saturated carbocycles. The Balaban J connectivity index is 2.82. The minimum absolute atomic E-state index is 0.0384. The van der Waals surface area contributed by atoms with Crippen LogP contribution < -0.4 is 4.31 Å². The molecule has 0 aromatic heterocycles. The molecule has 0 amide bonds. The Labute approximate surface area is 101 Å². The highest BCUT2D eigenvalue weighted by atomic mass is 32.2. The first-order chi connectivity index (χ1) is 7.99. The molecule has 0 aliphatic rings. The maximum Gasteiger partial charge on any atom is 0.234 e. The second-order valence-corrected chi connectivity index (χ2v) is 5.79. The van der Waals surface area contributed by atoms with Gasteiger partial charge in [-0.15, -0.1) is 0 Å². The topological polar surface area (TPSA) is 57.6 Å². The second kappa shape index (κ2) is 5.97. The smallest absolute Gasteiger partial charge is 0.234 e. The van der Waals surface area contributed by atoms with E-state index < -0.39 is 15.8 Å².